The van der Waals surface area contributed by atoms with E-state index < -0.39 is 6.09 Å². The van der Waals surface area contributed by atoms with Crippen molar-refractivity contribution < 1.29 is 19.1 Å². The molecule has 1 saturated heterocycles. The van der Waals surface area contributed by atoms with Gasteiger partial charge in [-0.25, -0.2) is 9.59 Å². The number of ether oxygens (including phenoxy) is 2. The van der Waals surface area contributed by atoms with Gasteiger partial charge in [-0.1, -0.05) is 55.8 Å². The first-order chi connectivity index (χ1) is 18.0. The summed E-state index contributed by atoms with van der Waals surface area (Å²) in [6.45, 7) is 4.92. The molecule has 208 valence electrons. The van der Waals surface area contributed by atoms with Crippen molar-refractivity contribution in [3.05, 3.63) is 34.9 Å². The Morgan fingerprint density at radius 3 is 2.70 bits per heavy atom. The predicted molar refractivity (Wildman–Crippen MR) is 147 cm³/mol. The number of urea groups is 1. The number of hydrogen-bond donors (Lipinski definition) is 3. The van der Waals surface area contributed by atoms with Crippen molar-refractivity contribution in [1.29, 1.82) is 0 Å². The molecule has 3 atom stereocenters. The van der Waals surface area contributed by atoms with Crippen LogP contribution in [0.1, 0.15) is 70.0 Å². The topological polar surface area (TPSA) is 91.9 Å². The van der Waals surface area contributed by atoms with Gasteiger partial charge < -0.3 is 30.3 Å². The Bertz CT molecular complexity index is 836. The molecule has 3 N–H and O–H groups in total. The van der Waals surface area contributed by atoms with Crippen LogP contribution in [0.15, 0.2) is 24.3 Å². The van der Waals surface area contributed by atoms with Crippen molar-refractivity contribution in [3.63, 3.8) is 0 Å². The van der Waals surface area contributed by atoms with Crippen LogP contribution in [0, 0.1) is 11.8 Å². The van der Waals surface area contributed by atoms with Crippen molar-refractivity contribution in [2.24, 2.45) is 11.8 Å². The van der Waals surface area contributed by atoms with Crippen molar-refractivity contribution in [2.45, 2.75) is 70.4 Å². The Morgan fingerprint density at radius 1 is 1.16 bits per heavy atom. The Balaban J connectivity index is 1.61. The quantitative estimate of drug-likeness (QED) is 0.322. The molecule has 0 spiro atoms. The number of likely N-dealkylation sites (tertiary alicyclic amines) is 1. The maximum Gasteiger partial charge on any atom is 0.407 e. The van der Waals surface area contributed by atoms with Crippen LogP contribution in [0.5, 0.6) is 0 Å². The standard InChI is InChI=1S/C28H45ClN4O4/c1-3-36-28(35)31-14-16-37-26(22-11-7-13-24(29)18-22)23-12-8-15-33(20-23)27(34)32-25(19-30-2)17-21-9-5-4-6-10-21/h7,11,13,18,21,23,25-26,30H,3-6,8-10,12,14-17,19-20H2,1-2H3,(H,31,35)(H,32,34)/t23?,25-,26-/m0/s1. The number of piperidine rings is 1. The predicted octanol–water partition coefficient (Wildman–Crippen LogP) is 5.12. The average Bonchev–Trinajstić information content (AvgIpc) is 2.89. The summed E-state index contributed by atoms with van der Waals surface area (Å²) >= 11 is 6.30. The highest BCUT2D eigenvalue weighted by Gasteiger charge is 2.32. The lowest BCUT2D eigenvalue weighted by molar-refractivity contribution is -0.00877. The summed E-state index contributed by atoms with van der Waals surface area (Å²) in [4.78, 5) is 26.9. The molecule has 0 aromatic heterocycles. The fourth-order valence-corrected chi connectivity index (χ4v) is 5.88. The van der Waals surface area contributed by atoms with Crippen LogP contribution in [0.3, 0.4) is 0 Å². The Morgan fingerprint density at radius 2 is 1.97 bits per heavy atom. The van der Waals surface area contributed by atoms with Crippen LogP contribution in [0.2, 0.25) is 5.02 Å². The van der Waals surface area contributed by atoms with Crippen molar-refractivity contribution in [2.75, 3.05) is 46.4 Å². The van der Waals surface area contributed by atoms with Crippen LogP contribution in [0.4, 0.5) is 9.59 Å². The van der Waals surface area contributed by atoms with E-state index in [0.717, 1.165) is 37.9 Å². The number of nitrogens with one attached hydrogen (secondary N) is 3. The van der Waals surface area contributed by atoms with Gasteiger partial charge in [0.1, 0.15) is 0 Å². The third-order valence-corrected chi connectivity index (χ3v) is 7.65. The molecule has 1 unspecified atom stereocenters. The number of carbonyl (C=O) groups excluding carboxylic acids is 2. The summed E-state index contributed by atoms with van der Waals surface area (Å²) in [7, 11) is 1.95. The van der Waals surface area contributed by atoms with Crippen LogP contribution in [0.25, 0.3) is 0 Å². The first-order valence-electron chi connectivity index (χ1n) is 14.0. The molecule has 1 aliphatic carbocycles. The average molecular weight is 537 g/mol. The van der Waals surface area contributed by atoms with Crippen molar-refractivity contribution in [3.8, 4) is 0 Å². The number of likely N-dealkylation sites (N-methyl/N-ethyl adjacent to an activating group) is 1. The molecule has 0 radical (unpaired) electrons. The summed E-state index contributed by atoms with van der Waals surface area (Å²) in [5.74, 6) is 0.826. The molecule has 0 bridgehead atoms. The Hall–Kier alpha value is -2.03. The zero-order valence-corrected chi connectivity index (χ0v) is 23.2. The molecular weight excluding hydrogens is 492 g/mol. The van der Waals surface area contributed by atoms with Crippen molar-refractivity contribution in [1.82, 2.24) is 20.9 Å². The lowest BCUT2D eigenvalue weighted by Gasteiger charge is -2.38. The van der Waals surface area contributed by atoms with Gasteiger partial charge in [0, 0.05) is 43.2 Å². The third kappa shape index (κ3) is 9.98. The molecule has 3 amide bonds. The molecule has 1 heterocycles. The zero-order valence-electron chi connectivity index (χ0n) is 22.5. The SMILES string of the molecule is CCOC(=O)NCCO[C@@H](c1cccc(Cl)c1)C1CCCN(C(=O)N[C@H](CNC)CC2CCCCC2)C1. The second kappa shape index (κ2) is 16.0. The Labute approximate surface area is 227 Å². The van der Waals surface area contributed by atoms with E-state index in [1.54, 1.807) is 6.92 Å². The number of benzene rings is 1. The second-order valence-electron chi connectivity index (χ2n) is 10.3. The molecule has 37 heavy (non-hydrogen) atoms. The van der Waals surface area contributed by atoms with E-state index in [2.05, 4.69) is 16.0 Å². The largest absolute Gasteiger partial charge is 0.450 e. The number of amides is 3. The van der Waals surface area contributed by atoms with E-state index in [9.17, 15) is 9.59 Å². The summed E-state index contributed by atoms with van der Waals surface area (Å²) < 4.78 is 11.2. The van der Waals surface area contributed by atoms with E-state index >= 15 is 0 Å². The first-order valence-corrected chi connectivity index (χ1v) is 14.4. The van der Waals surface area contributed by atoms with E-state index in [-0.39, 0.29) is 24.1 Å². The first kappa shape index (κ1) is 29.5. The zero-order chi connectivity index (χ0) is 26.5. The highest BCUT2D eigenvalue weighted by Crippen LogP contribution is 2.34. The summed E-state index contributed by atoms with van der Waals surface area (Å²) in [5.41, 5.74) is 0.987. The normalized spacial score (nSPS) is 20.2. The molecule has 3 rings (SSSR count). The molecule has 8 nitrogen and oxygen atoms in total. The highest BCUT2D eigenvalue weighted by molar-refractivity contribution is 6.30. The van der Waals surface area contributed by atoms with Gasteiger partial charge in [-0.3, -0.25) is 0 Å². The lowest BCUT2D eigenvalue weighted by atomic mass is 9.85. The van der Waals surface area contributed by atoms with Crippen LogP contribution >= 0.6 is 11.6 Å². The van der Waals surface area contributed by atoms with Gasteiger partial charge in [0.25, 0.3) is 0 Å². The van der Waals surface area contributed by atoms with E-state index in [4.69, 9.17) is 21.1 Å². The summed E-state index contributed by atoms with van der Waals surface area (Å²) in [6.07, 6.45) is 8.71. The molecule has 1 aromatic rings. The van der Waals surface area contributed by atoms with Gasteiger partial charge in [-0.05, 0) is 56.8 Å². The molecule has 2 fully saturated rings. The second-order valence-corrected chi connectivity index (χ2v) is 10.7. The van der Waals surface area contributed by atoms with Crippen molar-refractivity contribution >= 4 is 23.7 Å². The van der Waals surface area contributed by atoms with Crippen LogP contribution in [-0.4, -0.2) is 69.5 Å². The van der Waals surface area contributed by atoms with Crippen LogP contribution in [-0.2, 0) is 9.47 Å². The van der Waals surface area contributed by atoms with Gasteiger partial charge >= 0.3 is 12.1 Å². The van der Waals surface area contributed by atoms with E-state index in [1.165, 1.54) is 32.1 Å². The van der Waals surface area contributed by atoms with Gasteiger partial charge in [-0.2, -0.15) is 0 Å². The third-order valence-electron chi connectivity index (χ3n) is 7.42. The maximum absolute atomic E-state index is 13.3. The number of carbonyl (C=O) groups is 2. The van der Waals surface area contributed by atoms with E-state index in [1.807, 2.05) is 36.2 Å². The minimum absolute atomic E-state index is 0.00887. The fraction of sp³-hybridized carbons (Fsp3) is 0.714. The number of hydrogen-bond acceptors (Lipinski definition) is 5. The number of alkyl carbamates (subject to hydrolysis) is 1. The number of halogens is 1. The Kier molecular flexibility index (Phi) is 12.8. The molecule has 2 aliphatic rings. The molecular formula is C28H45ClN4O4. The molecule has 1 aliphatic heterocycles. The number of nitrogens with zero attached hydrogens (tertiary/aromatic N) is 1. The van der Waals surface area contributed by atoms with Gasteiger partial charge in [0.2, 0.25) is 0 Å². The molecule has 1 saturated carbocycles. The number of rotatable bonds is 12. The van der Waals surface area contributed by atoms with E-state index in [0.29, 0.717) is 37.2 Å². The minimum Gasteiger partial charge on any atom is -0.450 e. The smallest absolute Gasteiger partial charge is 0.407 e. The van der Waals surface area contributed by atoms with Gasteiger partial charge in [0.05, 0.1) is 19.3 Å². The fourth-order valence-electron chi connectivity index (χ4n) is 5.68. The van der Waals surface area contributed by atoms with Gasteiger partial charge in [0.15, 0.2) is 0 Å². The molecule has 1 aromatic carbocycles. The summed E-state index contributed by atoms with van der Waals surface area (Å²) in [5, 5.41) is 9.94. The highest BCUT2D eigenvalue weighted by atomic mass is 35.5. The minimum atomic E-state index is -0.449. The summed E-state index contributed by atoms with van der Waals surface area (Å²) in [6, 6.07) is 7.86. The van der Waals surface area contributed by atoms with Crippen LogP contribution < -0.4 is 16.0 Å². The maximum atomic E-state index is 13.3. The lowest BCUT2D eigenvalue weighted by Crippen LogP contribution is -2.52. The monoisotopic (exact) mass is 536 g/mol. The van der Waals surface area contributed by atoms with Gasteiger partial charge in [-0.15, -0.1) is 0 Å². The molecule has 9 heteroatoms.